The van der Waals surface area contributed by atoms with Gasteiger partial charge in [-0.3, -0.25) is 0 Å². The third-order valence-electron chi connectivity index (χ3n) is 2.22. The summed E-state index contributed by atoms with van der Waals surface area (Å²) in [5.41, 5.74) is 0. The van der Waals surface area contributed by atoms with Crippen molar-refractivity contribution in [2.75, 3.05) is 37.0 Å². The van der Waals surface area contributed by atoms with Crippen LogP contribution in [0.25, 0.3) is 0 Å². The van der Waals surface area contributed by atoms with Gasteiger partial charge in [-0.2, -0.15) is 4.98 Å². The zero-order valence-electron chi connectivity index (χ0n) is 9.57. The lowest BCUT2D eigenvalue weighted by Crippen LogP contribution is -2.27. The van der Waals surface area contributed by atoms with Crippen LogP contribution < -0.4 is 10.2 Å². The molecule has 0 aliphatic carbocycles. The minimum absolute atomic E-state index is 0.0854. The Bertz CT molecular complexity index is 335. The van der Waals surface area contributed by atoms with E-state index >= 15 is 0 Å². The molecule has 0 fully saturated rings. The van der Waals surface area contributed by atoms with E-state index in [0.717, 1.165) is 6.20 Å². The van der Waals surface area contributed by atoms with Crippen LogP contribution in [0.5, 0.6) is 0 Å². The smallest absolute Gasteiger partial charge is 0.224 e. The quantitative estimate of drug-likeness (QED) is 0.756. The summed E-state index contributed by atoms with van der Waals surface area (Å²) in [7, 11) is 1.68. The molecule has 90 valence electrons. The summed E-state index contributed by atoms with van der Waals surface area (Å²) >= 11 is 0. The van der Waals surface area contributed by atoms with Gasteiger partial charge in [0.1, 0.15) is 0 Å². The van der Waals surface area contributed by atoms with Gasteiger partial charge in [0.05, 0.1) is 6.20 Å². The van der Waals surface area contributed by atoms with Gasteiger partial charge in [0.2, 0.25) is 5.95 Å². The third kappa shape index (κ3) is 3.03. The average Bonchev–Trinajstić information content (AvgIpc) is 2.32. The summed E-state index contributed by atoms with van der Waals surface area (Å²) < 4.78 is 13.5. The van der Waals surface area contributed by atoms with E-state index in [2.05, 4.69) is 15.3 Å². The predicted octanol–water partition coefficient (Wildman–Crippen LogP) is 0.866. The summed E-state index contributed by atoms with van der Waals surface area (Å²) in [5.74, 6) is 0.216. The number of halogens is 1. The number of rotatable bonds is 6. The van der Waals surface area contributed by atoms with Gasteiger partial charge in [-0.05, 0) is 13.3 Å². The molecule has 0 radical (unpaired) electrons. The van der Waals surface area contributed by atoms with Gasteiger partial charge in [-0.25, -0.2) is 9.37 Å². The van der Waals surface area contributed by atoms with Crippen molar-refractivity contribution in [1.82, 2.24) is 9.97 Å². The molecule has 0 aliphatic rings. The summed E-state index contributed by atoms with van der Waals surface area (Å²) in [5, 5.41) is 11.5. The standard InChI is InChI=1S/C10H17FN4O/c1-3-15(5-4-6-16)9-8(11)7-13-10(12-2)14-9/h7,16H,3-6H2,1-2H3,(H,12,13,14). The van der Waals surface area contributed by atoms with Gasteiger partial charge >= 0.3 is 0 Å². The maximum absolute atomic E-state index is 13.5. The number of nitrogens with zero attached hydrogens (tertiary/aromatic N) is 3. The fraction of sp³-hybridized carbons (Fsp3) is 0.600. The minimum Gasteiger partial charge on any atom is -0.396 e. The van der Waals surface area contributed by atoms with Gasteiger partial charge in [0.15, 0.2) is 11.6 Å². The second kappa shape index (κ2) is 6.22. The molecule has 0 saturated heterocycles. The lowest BCUT2D eigenvalue weighted by atomic mass is 10.3. The molecule has 1 heterocycles. The van der Waals surface area contributed by atoms with E-state index in [1.165, 1.54) is 0 Å². The molecule has 0 unspecified atom stereocenters. The molecule has 1 aromatic rings. The number of hydrogen-bond acceptors (Lipinski definition) is 5. The van der Waals surface area contributed by atoms with Gasteiger partial charge in [0, 0.05) is 26.7 Å². The minimum atomic E-state index is -0.446. The first-order chi connectivity index (χ1) is 7.72. The molecular formula is C10H17FN4O. The topological polar surface area (TPSA) is 61.3 Å². The maximum atomic E-state index is 13.5. The van der Waals surface area contributed by atoms with Crippen molar-refractivity contribution in [3.05, 3.63) is 12.0 Å². The first kappa shape index (κ1) is 12.6. The molecule has 0 atom stereocenters. The Hall–Kier alpha value is -1.43. The Balaban J connectivity index is 2.89. The highest BCUT2D eigenvalue weighted by Crippen LogP contribution is 2.17. The van der Waals surface area contributed by atoms with Crippen LogP contribution in [0.2, 0.25) is 0 Å². The van der Waals surface area contributed by atoms with Crippen LogP contribution in [0, 0.1) is 5.82 Å². The van der Waals surface area contributed by atoms with Crippen LogP contribution in [0.3, 0.4) is 0 Å². The molecule has 1 aromatic heterocycles. The van der Waals surface area contributed by atoms with E-state index in [1.54, 1.807) is 11.9 Å². The summed E-state index contributed by atoms with van der Waals surface area (Å²) in [6.45, 7) is 3.21. The SMILES string of the molecule is CCN(CCCO)c1nc(NC)ncc1F. The second-order valence-corrected chi connectivity index (χ2v) is 3.27. The van der Waals surface area contributed by atoms with Crippen LogP contribution in [0.1, 0.15) is 13.3 Å². The van der Waals surface area contributed by atoms with Crippen molar-refractivity contribution in [1.29, 1.82) is 0 Å². The number of aliphatic hydroxyl groups is 1. The molecule has 0 saturated carbocycles. The fourth-order valence-corrected chi connectivity index (χ4v) is 1.38. The van der Waals surface area contributed by atoms with Crippen molar-refractivity contribution >= 4 is 11.8 Å². The van der Waals surface area contributed by atoms with Gasteiger partial charge in [0.25, 0.3) is 0 Å². The molecule has 0 amide bonds. The number of hydrogen-bond donors (Lipinski definition) is 2. The molecule has 0 aliphatic heterocycles. The van der Waals surface area contributed by atoms with Crippen molar-refractivity contribution in [3.8, 4) is 0 Å². The molecule has 16 heavy (non-hydrogen) atoms. The Kier molecular flexibility index (Phi) is 4.91. The monoisotopic (exact) mass is 228 g/mol. The van der Waals surface area contributed by atoms with Crippen LogP contribution >= 0.6 is 0 Å². The van der Waals surface area contributed by atoms with E-state index in [0.29, 0.717) is 25.5 Å². The summed E-state index contributed by atoms with van der Waals surface area (Å²) in [6, 6.07) is 0. The van der Waals surface area contributed by atoms with E-state index in [4.69, 9.17) is 5.11 Å². The number of aromatic nitrogens is 2. The van der Waals surface area contributed by atoms with Crippen molar-refractivity contribution in [2.24, 2.45) is 0 Å². The third-order valence-corrected chi connectivity index (χ3v) is 2.22. The molecule has 1 rings (SSSR count). The van der Waals surface area contributed by atoms with Crippen LogP contribution in [0.4, 0.5) is 16.2 Å². The van der Waals surface area contributed by atoms with Crippen molar-refractivity contribution in [3.63, 3.8) is 0 Å². The lowest BCUT2D eigenvalue weighted by molar-refractivity contribution is 0.289. The molecular weight excluding hydrogens is 211 g/mol. The highest BCUT2D eigenvalue weighted by Gasteiger charge is 2.12. The van der Waals surface area contributed by atoms with E-state index in [-0.39, 0.29) is 12.4 Å². The zero-order chi connectivity index (χ0) is 12.0. The van der Waals surface area contributed by atoms with Crippen LogP contribution in [0.15, 0.2) is 6.20 Å². The first-order valence-corrected chi connectivity index (χ1v) is 5.29. The first-order valence-electron chi connectivity index (χ1n) is 5.29. The van der Waals surface area contributed by atoms with Gasteiger partial charge < -0.3 is 15.3 Å². The molecule has 0 bridgehead atoms. The van der Waals surface area contributed by atoms with E-state index < -0.39 is 5.82 Å². The van der Waals surface area contributed by atoms with E-state index in [9.17, 15) is 4.39 Å². The van der Waals surface area contributed by atoms with Crippen LogP contribution in [-0.4, -0.2) is 41.8 Å². The van der Waals surface area contributed by atoms with Crippen molar-refractivity contribution in [2.45, 2.75) is 13.3 Å². The Morgan fingerprint density at radius 2 is 2.31 bits per heavy atom. The van der Waals surface area contributed by atoms with Gasteiger partial charge in [-0.1, -0.05) is 0 Å². The lowest BCUT2D eigenvalue weighted by Gasteiger charge is -2.22. The molecule has 0 spiro atoms. The highest BCUT2D eigenvalue weighted by molar-refractivity contribution is 5.43. The Morgan fingerprint density at radius 1 is 1.56 bits per heavy atom. The average molecular weight is 228 g/mol. The van der Waals surface area contributed by atoms with Crippen LogP contribution in [-0.2, 0) is 0 Å². The molecule has 0 aromatic carbocycles. The maximum Gasteiger partial charge on any atom is 0.224 e. The molecule has 5 nitrogen and oxygen atoms in total. The fourth-order valence-electron chi connectivity index (χ4n) is 1.38. The molecule has 6 heteroatoms. The molecule has 2 N–H and O–H groups in total. The number of anilines is 2. The van der Waals surface area contributed by atoms with E-state index in [1.807, 2.05) is 6.92 Å². The Labute approximate surface area is 94.3 Å². The Morgan fingerprint density at radius 3 is 2.88 bits per heavy atom. The highest BCUT2D eigenvalue weighted by atomic mass is 19.1. The van der Waals surface area contributed by atoms with Gasteiger partial charge in [-0.15, -0.1) is 0 Å². The zero-order valence-corrected chi connectivity index (χ0v) is 9.57. The number of nitrogens with one attached hydrogen (secondary N) is 1. The second-order valence-electron chi connectivity index (χ2n) is 3.27. The summed E-state index contributed by atoms with van der Waals surface area (Å²) in [6.07, 6.45) is 1.74. The largest absolute Gasteiger partial charge is 0.396 e. The van der Waals surface area contributed by atoms with Crippen molar-refractivity contribution < 1.29 is 9.50 Å². The summed E-state index contributed by atoms with van der Waals surface area (Å²) in [4.78, 5) is 9.61. The normalized spacial score (nSPS) is 10.2. The number of aliphatic hydroxyl groups excluding tert-OH is 1. The predicted molar refractivity (Wildman–Crippen MR) is 61.1 cm³/mol.